The van der Waals surface area contributed by atoms with Crippen LogP contribution < -0.4 is 15.1 Å². The van der Waals surface area contributed by atoms with Crippen LogP contribution >= 0.6 is 0 Å². The van der Waals surface area contributed by atoms with Gasteiger partial charge in [-0.2, -0.15) is 0 Å². The minimum atomic E-state index is -0.791. The monoisotopic (exact) mass is 402 g/mol. The molecule has 2 aliphatic heterocycles. The number of piperidine rings is 1. The Bertz CT molecular complexity index is 849. The van der Waals surface area contributed by atoms with Crippen LogP contribution in [0.2, 0.25) is 0 Å². The molecule has 1 aromatic carbocycles. The first kappa shape index (κ1) is 19.4. The van der Waals surface area contributed by atoms with Crippen molar-refractivity contribution in [3.05, 3.63) is 42.0 Å². The van der Waals surface area contributed by atoms with Gasteiger partial charge in [-0.15, -0.1) is 10.2 Å². The van der Waals surface area contributed by atoms with E-state index in [1.165, 1.54) is 25.3 Å². The fourth-order valence-corrected chi connectivity index (χ4v) is 3.70. The number of carbonyl (C=O) groups excluding carboxylic acids is 1. The van der Waals surface area contributed by atoms with Gasteiger partial charge in [0.15, 0.2) is 11.6 Å². The molecular formula is C20H24F2N6O. The van der Waals surface area contributed by atoms with Gasteiger partial charge in [-0.05, 0) is 43.5 Å². The van der Waals surface area contributed by atoms with Gasteiger partial charge in [-0.1, -0.05) is 0 Å². The third-order valence-electron chi connectivity index (χ3n) is 5.38. The molecule has 4 rings (SSSR count). The lowest BCUT2D eigenvalue weighted by Gasteiger charge is -2.35. The Morgan fingerprint density at radius 1 is 0.828 bits per heavy atom. The van der Waals surface area contributed by atoms with Crippen LogP contribution in [0.1, 0.15) is 19.3 Å². The van der Waals surface area contributed by atoms with Crippen LogP contribution in [0.5, 0.6) is 0 Å². The number of nitrogens with zero attached hydrogens (tertiary/aromatic N) is 5. The maximum absolute atomic E-state index is 13.7. The predicted molar refractivity (Wildman–Crippen MR) is 107 cm³/mol. The van der Waals surface area contributed by atoms with E-state index in [1.54, 1.807) is 4.90 Å². The van der Waals surface area contributed by atoms with Crippen molar-refractivity contribution in [2.75, 3.05) is 54.4 Å². The number of aromatic nitrogens is 2. The predicted octanol–water partition coefficient (Wildman–Crippen LogP) is 3.10. The van der Waals surface area contributed by atoms with E-state index in [1.807, 2.05) is 12.1 Å². The summed E-state index contributed by atoms with van der Waals surface area (Å²) in [6, 6.07) is 6.66. The molecule has 2 saturated heterocycles. The fraction of sp³-hybridized carbons (Fsp3) is 0.450. The molecule has 0 bridgehead atoms. The summed E-state index contributed by atoms with van der Waals surface area (Å²) in [4.78, 5) is 18.3. The van der Waals surface area contributed by atoms with Crippen molar-refractivity contribution in [3.63, 3.8) is 0 Å². The molecule has 0 radical (unpaired) electrons. The average Bonchev–Trinajstić information content (AvgIpc) is 2.76. The maximum atomic E-state index is 13.7. The highest BCUT2D eigenvalue weighted by Gasteiger charge is 2.23. The second-order valence-corrected chi connectivity index (χ2v) is 7.33. The Balaban J connectivity index is 1.31. The third-order valence-corrected chi connectivity index (χ3v) is 5.38. The smallest absolute Gasteiger partial charge is 0.322 e. The maximum Gasteiger partial charge on any atom is 0.322 e. The van der Waals surface area contributed by atoms with E-state index in [4.69, 9.17) is 0 Å². The zero-order valence-electron chi connectivity index (χ0n) is 16.2. The molecule has 2 aromatic rings. The summed E-state index contributed by atoms with van der Waals surface area (Å²) < 4.78 is 26.7. The topological polar surface area (TPSA) is 64.6 Å². The number of amides is 2. The van der Waals surface area contributed by atoms with Crippen molar-refractivity contribution >= 4 is 23.4 Å². The Kier molecular flexibility index (Phi) is 5.73. The molecular weight excluding hydrogens is 378 g/mol. The van der Waals surface area contributed by atoms with Gasteiger partial charge < -0.3 is 20.0 Å². The molecule has 2 fully saturated rings. The lowest BCUT2D eigenvalue weighted by atomic mass is 10.1. The van der Waals surface area contributed by atoms with E-state index in [0.717, 1.165) is 36.9 Å². The van der Waals surface area contributed by atoms with E-state index in [9.17, 15) is 13.6 Å². The molecule has 0 aliphatic carbocycles. The fourth-order valence-electron chi connectivity index (χ4n) is 3.70. The largest absolute Gasteiger partial charge is 0.355 e. The molecule has 0 atom stereocenters. The van der Waals surface area contributed by atoms with Crippen molar-refractivity contribution in [1.29, 1.82) is 0 Å². The van der Waals surface area contributed by atoms with Crippen LogP contribution in [0, 0.1) is 11.6 Å². The van der Waals surface area contributed by atoms with E-state index in [-0.39, 0.29) is 5.69 Å². The minimum absolute atomic E-state index is 0.0296. The number of halogens is 2. The number of benzene rings is 1. The molecule has 1 aromatic heterocycles. The first-order chi connectivity index (χ1) is 14.1. The third kappa shape index (κ3) is 4.55. The summed E-state index contributed by atoms with van der Waals surface area (Å²) in [6.45, 7) is 4.22. The summed E-state index contributed by atoms with van der Waals surface area (Å²) in [7, 11) is 0. The van der Waals surface area contributed by atoms with E-state index in [0.29, 0.717) is 26.2 Å². The number of carbonyl (C=O) groups is 1. The first-order valence-electron chi connectivity index (χ1n) is 9.95. The molecule has 29 heavy (non-hydrogen) atoms. The molecule has 2 aliphatic rings. The molecule has 1 N–H and O–H groups in total. The summed E-state index contributed by atoms with van der Waals surface area (Å²) >= 11 is 0. The Morgan fingerprint density at radius 2 is 1.45 bits per heavy atom. The van der Waals surface area contributed by atoms with E-state index < -0.39 is 17.7 Å². The molecule has 3 heterocycles. The number of hydrogen-bond acceptors (Lipinski definition) is 5. The van der Waals surface area contributed by atoms with E-state index in [2.05, 4.69) is 25.3 Å². The van der Waals surface area contributed by atoms with Crippen molar-refractivity contribution in [2.45, 2.75) is 19.3 Å². The Morgan fingerprint density at radius 3 is 2.03 bits per heavy atom. The molecule has 154 valence electrons. The van der Waals surface area contributed by atoms with Crippen molar-refractivity contribution < 1.29 is 13.6 Å². The number of hydrogen-bond donors (Lipinski definition) is 1. The highest BCUT2D eigenvalue weighted by Crippen LogP contribution is 2.20. The van der Waals surface area contributed by atoms with Crippen molar-refractivity contribution in [1.82, 2.24) is 15.1 Å². The standard InChI is InChI=1S/C20H24F2N6O/c21-15-4-5-17(16(22)14-15)23-20(29)28-12-10-27(11-13-28)19-7-6-18(24-25-19)26-8-2-1-3-9-26/h4-7,14H,1-3,8-13H2,(H,23,29). The Hall–Kier alpha value is -2.97. The number of piperazine rings is 1. The Labute approximate surface area is 168 Å². The van der Waals surface area contributed by atoms with E-state index >= 15 is 0 Å². The van der Waals surface area contributed by atoms with Gasteiger partial charge >= 0.3 is 6.03 Å². The van der Waals surface area contributed by atoms with Crippen LogP contribution in [-0.4, -0.2) is 60.4 Å². The van der Waals surface area contributed by atoms with Gasteiger partial charge in [-0.3, -0.25) is 0 Å². The lowest BCUT2D eigenvalue weighted by molar-refractivity contribution is 0.208. The molecule has 0 unspecified atom stereocenters. The van der Waals surface area contributed by atoms with Crippen LogP contribution in [-0.2, 0) is 0 Å². The van der Waals surface area contributed by atoms with Gasteiger partial charge in [0.05, 0.1) is 5.69 Å². The number of nitrogens with one attached hydrogen (secondary N) is 1. The first-order valence-corrected chi connectivity index (χ1v) is 9.95. The summed E-state index contributed by atoms with van der Waals surface area (Å²) in [5, 5.41) is 11.2. The van der Waals surface area contributed by atoms with Crippen LogP contribution in [0.15, 0.2) is 30.3 Å². The van der Waals surface area contributed by atoms with Crippen LogP contribution in [0.4, 0.5) is 30.9 Å². The quantitative estimate of drug-likeness (QED) is 0.855. The van der Waals surface area contributed by atoms with Crippen LogP contribution in [0.3, 0.4) is 0 Å². The zero-order chi connectivity index (χ0) is 20.2. The highest BCUT2D eigenvalue weighted by atomic mass is 19.1. The van der Waals surface area contributed by atoms with Crippen molar-refractivity contribution in [3.8, 4) is 0 Å². The normalized spacial score (nSPS) is 17.4. The number of urea groups is 1. The number of anilines is 3. The minimum Gasteiger partial charge on any atom is -0.355 e. The van der Waals surface area contributed by atoms with Gasteiger partial charge in [0.1, 0.15) is 11.6 Å². The summed E-state index contributed by atoms with van der Waals surface area (Å²) in [5.74, 6) is 0.228. The van der Waals surface area contributed by atoms with Gasteiger partial charge in [-0.25, -0.2) is 13.6 Å². The summed E-state index contributed by atoms with van der Waals surface area (Å²) in [6.07, 6.45) is 3.65. The van der Waals surface area contributed by atoms with Crippen LogP contribution in [0.25, 0.3) is 0 Å². The second kappa shape index (κ2) is 8.59. The molecule has 7 nitrogen and oxygen atoms in total. The number of rotatable bonds is 3. The summed E-state index contributed by atoms with van der Waals surface area (Å²) in [5.41, 5.74) is -0.0296. The lowest BCUT2D eigenvalue weighted by Crippen LogP contribution is -2.50. The SMILES string of the molecule is O=C(Nc1ccc(F)cc1F)N1CCN(c2ccc(N3CCCCC3)nn2)CC1. The average molecular weight is 402 g/mol. The van der Waals surface area contributed by atoms with Crippen molar-refractivity contribution in [2.24, 2.45) is 0 Å². The van der Waals surface area contributed by atoms with Gasteiger partial charge in [0.2, 0.25) is 0 Å². The molecule has 9 heteroatoms. The highest BCUT2D eigenvalue weighted by molar-refractivity contribution is 5.89. The molecule has 2 amide bonds. The second-order valence-electron chi connectivity index (χ2n) is 7.33. The molecule has 0 spiro atoms. The van der Waals surface area contributed by atoms with Gasteiger partial charge in [0, 0.05) is 45.3 Å². The molecule has 0 saturated carbocycles. The zero-order valence-corrected chi connectivity index (χ0v) is 16.2. The van der Waals surface area contributed by atoms with Gasteiger partial charge in [0.25, 0.3) is 0 Å².